The van der Waals surface area contributed by atoms with Gasteiger partial charge in [0.2, 0.25) is 5.82 Å². The van der Waals surface area contributed by atoms with Crippen molar-refractivity contribution in [3.63, 3.8) is 0 Å². The summed E-state index contributed by atoms with van der Waals surface area (Å²) in [6.07, 6.45) is 6.93. The second kappa shape index (κ2) is 9.66. The van der Waals surface area contributed by atoms with Crippen LogP contribution in [0.25, 0.3) is 11.3 Å². The van der Waals surface area contributed by atoms with Crippen LogP contribution in [0.1, 0.15) is 18.7 Å². The lowest BCUT2D eigenvalue weighted by atomic mass is 10.1. The summed E-state index contributed by atoms with van der Waals surface area (Å²) in [5.41, 5.74) is 8.31. The minimum absolute atomic E-state index is 0.161. The van der Waals surface area contributed by atoms with Gasteiger partial charge in [-0.05, 0) is 43.0 Å². The number of benzene rings is 1. The quantitative estimate of drug-likeness (QED) is 0.352. The van der Waals surface area contributed by atoms with Gasteiger partial charge >= 0.3 is 0 Å². The highest BCUT2D eigenvalue weighted by molar-refractivity contribution is 5.74. The molecular weight excluding hydrogens is 470 g/mol. The van der Waals surface area contributed by atoms with Gasteiger partial charge in [-0.15, -0.1) is 10.2 Å². The Bertz CT molecular complexity index is 1450. The van der Waals surface area contributed by atoms with Crippen LogP contribution in [0.15, 0.2) is 59.5 Å². The molecule has 37 heavy (non-hydrogen) atoms. The molecule has 2 aliphatic rings. The summed E-state index contributed by atoms with van der Waals surface area (Å²) in [5.74, 6) is 7.91. The van der Waals surface area contributed by atoms with Crippen molar-refractivity contribution in [3.05, 3.63) is 60.9 Å². The Balaban J connectivity index is 1.19. The van der Waals surface area contributed by atoms with E-state index >= 15 is 0 Å². The van der Waals surface area contributed by atoms with E-state index in [2.05, 4.69) is 47.1 Å². The fraction of sp³-hybridized carbons (Fsp3) is 0.269. The average molecular weight is 496 g/mol. The zero-order chi connectivity index (χ0) is 25.2. The van der Waals surface area contributed by atoms with Gasteiger partial charge in [0, 0.05) is 36.9 Å². The van der Waals surface area contributed by atoms with Gasteiger partial charge in [0.25, 0.3) is 6.01 Å². The number of rotatable bonds is 5. The van der Waals surface area contributed by atoms with Gasteiger partial charge in [0.15, 0.2) is 5.82 Å². The molecule has 11 nitrogen and oxygen atoms in total. The molecule has 0 radical (unpaired) electrons. The number of nitrogens with zero attached hydrogens (tertiary/aromatic N) is 7. The van der Waals surface area contributed by atoms with Gasteiger partial charge in [0.05, 0.1) is 24.1 Å². The summed E-state index contributed by atoms with van der Waals surface area (Å²) in [6.45, 7) is 1.93. The molecule has 6 rings (SSSR count). The van der Waals surface area contributed by atoms with Gasteiger partial charge in [-0.1, -0.05) is 18.1 Å². The van der Waals surface area contributed by atoms with Crippen molar-refractivity contribution in [3.8, 4) is 28.8 Å². The Labute approximate surface area is 213 Å². The lowest BCUT2D eigenvalue weighted by molar-refractivity contribution is 0.477. The summed E-state index contributed by atoms with van der Waals surface area (Å²) in [4.78, 5) is 17.7. The third-order valence-electron chi connectivity index (χ3n) is 6.67. The Morgan fingerprint density at radius 3 is 2.70 bits per heavy atom. The Kier molecular flexibility index (Phi) is 5.90. The standard InChI is InChI=1S/C26H25N9O2/c27-25-21(14-20(32-33-25)19-4-1-2-5-22(19)36)34-15-17-7-8-18(16-34)35(17)24-9-11-28-23(31-24)6-3-10-29-26-30-12-13-37-26/h1-2,4-5,9,11-14,17-18,36H,7-8,10,15-16H2,(H2,27,33)(H,29,30). The molecule has 2 unspecified atom stereocenters. The molecule has 2 fully saturated rings. The van der Waals surface area contributed by atoms with Crippen LogP contribution >= 0.6 is 0 Å². The summed E-state index contributed by atoms with van der Waals surface area (Å²) in [7, 11) is 0. The van der Waals surface area contributed by atoms with E-state index in [4.69, 9.17) is 15.1 Å². The van der Waals surface area contributed by atoms with E-state index in [0.717, 1.165) is 37.4 Å². The molecule has 1 aromatic carbocycles. The molecule has 4 aromatic rings. The first-order valence-corrected chi connectivity index (χ1v) is 12.1. The summed E-state index contributed by atoms with van der Waals surface area (Å²) in [6, 6.07) is 11.9. The number of anilines is 4. The zero-order valence-electron chi connectivity index (χ0n) is 19.9. The van der Waals surface area contributed by atoms with Crippen LogP contribution in [0.4, 0.5) is 23.3 Å². The SMILES string of the molecule is Nc1nnc(-c2ccccc2O)cc1N1CC2CCC(C1)N2c1ccnc(C#CCNc2ncco2)n1. The summed E-state index contributed by atoms with van der Waals surface area (Å²) < 4.78 is 5.14. The van der Waals surface area contributed by atoms with Crippen molar-refractivity contribution in [1.29, 1.82) is 0 Å². The van der Waals surface area contributed by atoms with Crippen LogP contribution in [0.2, 0.25) is 0 Å². The van der Waals surface area contributed by atoms with Crippen molar-refractivity contribution in [2.45, 2.75) is 24.9 Å². The number of para-hydroxylation sites is 1. The van der Waals surface area contributed by atoms with Gasteiger partial charge in [0.1, 0.15) is 17.8 Å². The highest BCUT2D eigenvalue weighted by Crippen LogP contribution is 2.38. The topological polar surface area (TPSA) is 142 Å². The van der Waals surface area contributed by atoms with Gasteiger partial charge < -0.3 is 30.4 Å². The van der Waals surface area contributed by atoms with Gasteiger partial charge in [-0.25, -0.2) is 15.0 Å². The number of aromatic nitrogens is 5. The number of nitrogens with one attached hydrogen (secondary N) is 1. The molecule has 2 aliphatic heterocycles. The van der Waals surface area contributed by atoms with Crippen molar-refractivity contribution in [1.82, 2.24) is 25.1 Å². The fourth-order valence-electron chi connectivity index (χ4n) is 5.05. The second-order valence-electron chi connectivity index (χ2n) is 8.95. The van der Waals surface area contributed by atoms with E-state index < -0.39 is 0 Å². The van der Waals surface area contributed by atoms with E-state index in [0.29, 0.717) is 35.5 Å². The first-order chi connectivity index (χ1) is 18.2. The molecule has 4 N–H and O–H groups in total. The van der Waals surface area contributed by atoms with Crippen LogP contribution in [-0.2, 0) is 0 Å². The monoisotopic (exact) mass is 495 g/mol. The second-order valence-corrected chi connectivity index (χ2v) is 8.95. The molecule has 2 saturated heterocycles. The first kappa shape index (κ1) is 22.6. The molecular formula is C26H25N9O2. The number of phenols is 1. The molecule has 0 saturated carbocycles. The minimum Gasteiger partial charge on any atom is -0.507 e. The largest absolute Gasteiger partial charge is 0.507 e. The lowest BCUT2D eigenvalue weighted by Gasteiger charge is -2.42. The predicted molar refractivity (Wildman–Crippen MR) is 139 cm³/mol. The van der Waals surface area contributed by atoms with E-state index in [-0.39, 0.29) is 17.8 Å². The van der Waals surface area contributed by atoms with E-state index in [9.17, 15) is 5.11 Å². The molecule has 186 valence electrons. The highest BCUT2D eigenvalue weighted by Gasteiger charge is 2.41. The molecule has 0 amide bonds. The number of piperazine rings is 1. The van der Waals surface area contributed by atoms with E-state index in [1.54, 1.807) is 24.5 Å². The third-order valence-corrected chi connectivity index (χ3v) is 6.67. The number of nitrogen functional groups attached to an aromatic ring is 1. The average Bonchev–Trinajstić information content (AvgIpc) is 3.53. The van der Waals surface area contributed by atoms with Crippen molar-refractivity contribution < 1.29 is 9.52 Å². The number of hydrogen-bond acceptors (Lipinski definition) is 11. The van der Waals surface area contributed by atoms with E-state index in [1.165, 1.54) is 6.26 Å². The molecule has 11 heteroatoms. The predicted octanol–water partition coefficient (Wildman–Crippen LogP) is 2.53. The number of phenolic OH excluding ortho intramolecular Hbond substituents is 1. The molecule has 0 spiro atoms. The van der Waals surface area contributed by atoms with Crippen molar-refractivity contribution in [2.75, 3.05) is 40.5 Å². The lowest BCUT2D eigenvalue weighted by Crippen LogP contribution is -2.54. The smallest absolute Gasteiger partial charge is 0.295 e. The molecule has 2 bridgehead atoms. The third kappa shape index (κ3) is 4.56. The number of aromatic hydroxyl groups is 1. The Hall–Kier alpha value is -4.85. The summed E-state index contributed by atoms with van der Waals surface area (Å²) >= 11 is 0. The summed E-state index contributed by atoms with van der Waals surface area (Å²) in [5, 5.41) is 21.7. The van der Waals surface area contributed by atoms with Crippen LogP contribution < -0.4 is 20.9 Å². The van der Waals surface area contributed by atoms with Gasteiger partial charge in [-0.2, -0.15) is 0 Å². The molecule has 3 aromatic heterocycles. The van der Waals surface area contributed by atoms with E-state index in [1.807, 2.05) is 24.3 Å². The number of fused-ring (bicyclic) bond motifs is 2. The normalized spacial score (nSPS) is 18.4. The van der Waals surface area contributed by atoms with Gasteiger partial charge in [-0.3, -0.25) is 0 Å². The van der Waals surface area contributed by atoms with Crippen molar-refractivity contribution >= 4 is 23.3 Å². The maximum Gasteiger partial charge on any atom is 0.295 e. The van der Waals surface area contributed by atoms with Crippen LogP contribution in [0, 0.1) is 11.8 Å². The maximum atomic E-state index is 10.3. The number of hydrogen-bond donors (Lipinski definition) is 3. The fourth-order valence-corrected chi connectivity index (χ4v) is 5.05. The van der Waals surface area contributed by atoms with Crippen molar-refractivity contribution in [2.24, 2.45) is 0 Å². The van der Waals surface area contributed by atoms with Crippen LogP contribution in [0.5, 0.6) is 5.75 Å². The molecule has 5 heterocycles. The van der Waals surface area contributed by atoms with Crippen LogP contribution in [0.3, 0.4) is 0 Å². The Morgan fingerprint density at radius 1 is 1.08 bits per heavy atom. The van der Waals surface area contributed by atoms with Crippen LogP contribution in [-0.4, -0.2) is 62.0 Å². The minimum atomic E-state index is 0.161. The molecule has 0 aliphatic carbocycles. The first-order valence-electron chi connectivity index (χ1n) is 12.1. The highest BCUT2D eigenvalue weighted by atomic mass is 16.4. The zero-order valence-corrected chi connectivity index (χ0v) is 19.9. The Morgan fingerprint density at radius 2 is 1.92 bits per heavy atom. The maximum absolute atomic E-state index is 10.3. The number of nitrogens with two attached hydrogens (primary N) is 1. The molecule has 2 atom stereocenters. The number of oxazole rings is 1.